The Hall–Kier alpha value is -1.30. The van der Waals surface area contributed by atoms with Crippen LogP contribution in [0, 0.1) is 5.92 Å². The summed E-state index contributed by atoms with van der Waals surface area (Å²) < 4.78 is 0.934. The number of rotatable bonds is 6. The Morgan fingerprint density at radius 2 is 1.67 bits per heavy atom. The summed E-state index contributed by atoms with van der Waals surface area (Å²) in [6.45, 7) is 2.90. The second kappa shape index (κ2) is 8.19. The lowest BCUT2D eigenvalue weighted by atomic mass is 9.92. The van der Waals surface area contributed by atoms with E-state index in [0.29, 0.717) is 10.7 Å². The molecule has 24 heavy (non-hydrogen) atoms. The Balaban J connectivity index is 2.47. The van der Waals surface area contributed by atoms with Crippen molar-refractivity contribution in [2.45, 2.75) is 24.0 Å². The minimum Gasteiger partial charge on any atom is -0.398 e. The first-order valence-corrected chi connectivity index (χ1v) is 9.32. The van der Waals surface area contributed by atoms with Crippen LogP contribution in [0.25, 0.3) is 0 Å². The van der Waals surface area contributed by atoms with Gasteiger partial charge >= 0.3 is 0 Å². The molecule has 2 rings (SSSR count). The summed E-state index contributed by atoms with van der Waals surface area (Å²) >= 11 is 10.8. The number of hydrogen-bond acceptors (Lipinski definition) is 4. The first kappa shape index (κ1) is 19.0. The van der Waals surface area contributed by atoms with E-state index < -0.39 is 5.92 Å². The minimum atomic E-state index is -0.730. The van der Waals surface area contributed by atoms with Crippen molar-refractivity contribution in [2.75, 3.05) is 5.73 Å². The fourth-order valence-corrected chi connectivity index (χ4v) is 4.33. The summed E-state index contributed by atoms with van der Waals surface area (Å²) in [7, 11) is 0. The van der Waals surface area contributed by atoms with Crippen LogP contribution in [0.4, 0.5) is 5.69 Å². The van der Waals surface area contributed by atoms with Crippen LogP contribution >= 0.6 is 39.3 Å². The van der Waals surface area contributed by atoms with E-state index in [9.17, 15) is 9.59 Å². The van der Waals surface area contributed by atoms with Gasteiger partial charge in [0, 0.05) is 20.1 Å². The van der Waals surface area contributed by atoms with Crippen LogP contribution in [0.15, 0.2) is 51.8 Å². The van der Waals surface area contributed by atoms with Crippen molar-refractivity contribution in [3.05, 3.63) is 57.5 Å². The zero-order valence-electron chi connectivity index (χ0n) is 13.3. The average Bonchev–Trinajstić information content (AvgIpc) is 2.49. The van der Waals surface area contributed by atoms with Crippen molar-refractivity contribution in [1.82, 2.24) is 0 Å². The molecule has 126 valence electrons. The van der Waals surface area contributed by atoms with Crippen LogP contribution in [0.3, 0.4) is 0 Å². The van der Waals surface area contributed by atoms with Crippen molar-refractivity contribution in [3.8, 4) is 0 Å². The standard InChI is InChI=1S/C18H17BrClNO2S/c1-10(22)17(11(2)23)18(12-3-5-13(19)6-4-12)24-16-8-7-14(20)9-15(16)21/h3-9,17-18H,21H2,1-2H3. The highest BCUT2D eigenvalue weighted by Gasteiger charge is 2.32. The first-order valence-electron chi connectivity index (χ1n) is 7.27. The highest BCUT2D eigenvalue weighted by atomic mass is 79.9. The molecule has 0 amide bonds. The van der Waals surface area contributed by atoms with Crippen LogP contribution in [-0.4, -0.2) is 11.6 Å². The number of halogens is 2. The number of thioether (sulfide) groups is 1. The molecule has 3 nitrogen and oxygen atoms in total. The largest absolute Gasteiger partial charge is 0.398 e. The maximum atomic E-state index is 12.1. The average molecular weight is 427 g/mol. The second-order valence-electron chi connectivity index (χ2n) is 5.47. The predicted molar refractivity (Wildman–Crippen MR) is 103 cm³/mol. The molecule has 0 bridgehead atoms. The molecule has 2 N–H and O–H groups in total. The van der Waals surface area contributed by atoms with Gasteiger partial charge in [0.1, 0.15) is 11.6 Å². The predicted octanol–water partition coefficient (Wildman–Crippen LogP) is 5.31. The third kappa shape index (κ3) is 4.62. The molecule has 0 spiro atoms. The fraction of sp³-hybridized carbons (Fsp3) is 0.222. The highest BCUT2D eigenvalue weighted by molar-refractivity contribution is 9.10. The Kier molecular flexibility index (Phi) is 6.49. The van der Waals surface area contributed by atoms with Crippen molar-refractivity contribution >= 4 is 56.5 Å². The van der Waals surface area contributed by atoms with Crippen molar-refractivity contribution in [3.63, 3.8) is 0 Å². The number of ketones is 2. The normalized spacial score (nSPS) is 12.2. The van der Waals surface area contributed by atoms with Gasteiger partial charge < -0.3 is 5.73 Å². The number of carbonyl (C=O) groups excluding carboxylic acids is 2. The van der Waals surface area contributed by atoms with Crippen LogP contribution in [0.2, 0.25) is 5.02 Å². The highest BCUT2D eigenvalue weighted by Crippen LogP contribution is 2.44. The molecule has 0 fully saturated rings. The molecule has 0 radical (unpaired) electrons. The van der Waals surface area contributed by atoms with E-state index >= 15 is 0 Å². The van der Waals surface area contributed by atoms with E-state index in [0.717, 1.165) is 14.9 Å². The van der Waals surface area contributed by atoms with E-state index in [1.807, 2.05) is 30.3 Å². The Morgan fingerprint density at radius 3 is 2.17 bits per heavy atom. The SMILES string of the molecule is CC(=O)C(C(C)=O)C(Sc1ccc(Cl)cc1N)c1ccc(Br)cc1. The van der Waals surface area contributed by atoms with Crippen LogP contribution in [-0.2, 0) is 9.59 Å². The van der Waals surface area contributed by atoms with Gasteiger partial charge in [-0.3, -0.25) is 9.59 Å². The fourth-order valence-electron chi connectivity index (χ4n) is 2.46. The molecule has 0 aromatic heterocycles. The van der Waals surface area contributed by atoms with Gasteiger partial charge in [0.2, 0.25) is 0 Å². The quantitative estimate of drug-likeness (QED) is 0.386. The molecule has 2 aromatic carbocycles. The Labute approximate surface area is 159 Å². The van der Waals surface area contributed by atoms with Gasteiger partial charge in [-0.25, -0.2) is 0 Å². The zero-order chi connectivity index (χ0) is 17.9. The molecular weight excluding hydrogens is 410 g/mol. The molecule has 1 unspecified atom stereocenters. The maximum absolute atomic E-state index is 12.1. The number of anilines is 1. The zero-order valence-corrected chi connectivity index (χ0v) is 16.4. The summed E-state index contributed by atoms with van der Waals surface area (Å²) in [4.78, 5) is 25.0. The molecule has 0 aliphatic carbocycles. The first-order chi connectivity index (χ1) is 11.3. The van der Waals surface area contributed by atoms with Gasteiger partial charge in [-0.05, 0) is 49.7 Å². The Bertz CT molecular complexity index is 750. The molecule has 0 heterocycles. The van der Waals surface area contributed by atoms with Crippen LogP contribution < -0.4 is 5.73 Å². The molecule has 0 saturated heterocycles. The summed E-state index contributed by atoms with van der Waals surface area (Å²) in [5, 5.41) is 0.198. The summed E-state index contributed by atoms with van der Waals surface area (Å²) in [6.07, 6.45) is 0. The molecular formula is C18H17BrClNO2S. The topological polar surface area (TPSA) is 60.2 Å². The van der Waals surface area contributed by atoms with E-state index in [1.54, 1.807) is 12.1 Å². The van der Waals surface area contributed by atoms with Crippen molar-refractivity contribution in [1.29, 1.82) is 0 Å². The van der Waals surface area contributed by atoms with E-state index in [-0.39, 0.29) is 16.8 Å². The van der Waals surface area contributed by atoms with Crippen molar-refractivity contribution < 1.29 is 9.59 Å². The minimum absolute atomic E-state index is 0.157. The lowest BCUT2D eigenvalue weighted by Gasteiger charge is -2.24. The van der Waals surface area contributed by atoms with Gasteiger partial charge in [0.15, 0.2) is 0 Å². The number of Topliss-reactive ketones (excluding diaryl/α,β-unsaturated/α-hetero) is 2. The molecule has 0 saturated carbocycles. The summed E-state index contributed by atoms with van der Waals surface area (Å²) in [6, 6.07) is 12.8. The third-order valence-electron chi connectivity index (χ3n) is 3.60. The molecule has 2 aromatic rings. The molecule has 0 aliphatic heterocycles. The lowest BCUT2D eigenvalue weighted by Crippen LogP contribution is -2.25. The Morgan fingerprint density at radius 1 is 1.08 bits per heavy atom. The number of hydrogen-bond donors (Lipinski definition) is 1. The van der Waals surface area contributed by atoms with Gasteiger partial charge in [-0.15, -0.1) is 11.8 Å². The summed E-state index contributed by atoms with van der Waals surface area (Å²) in [5.41, 5.74) is 7.47. The van der Waals surface area contributed by atoms with Crippen molar-refractivity contribution in [2.24, 2.45) is 5.92 Å². The number of benzene rings is 2. The maximum Gasteiger partial charge on any atom is 0.141 e. The van der Waals surface area contributed by atoms with Crippen LogP contribution in [0.5, 0.6) is 0 Å². The van der Waals surface area contributed by atoms with Crippen LogP contribution in [0.1, 0.15) is 24.7 Å². The smallest absolute Gasteiger partial charge is 0.141 e. The monoisotopic (exact) mass is 425 g/mol. The molecule has 0 aliphatic rings. The van der Waals surface area contributed by atoms with Gasteiger partial charge in [0.25, 0.3) is 0 Å². The number of nitrogen functional groups attached to an aromatic ring is 1. The van der Waals surface area contributed by atoms with Gasteiger partial charge in [-0.1, -0.05) is 39.7 Å². The second-order valence-corrected chi connectivity index (χ2v) is 8.01. The molecule has 1 atom stereocenters. The third-order valence-corrected chi connectivity index (χ3v) is 5.79. The van der Waals surface area contributed by atoms with Gasteiger partial charge in [0.05, 0.1) is 11.2 Å². The van der Waals surface area contributed by atoms with E-state index in [2.05, 4.69) is 15.9 Å². The number of nitrogens with two attached hydrogens (primary N) is 1. The van der Waals surface area contributed by atoms with E-state index in [1.165, 1.54) is 25.6 Å². The lowest BCUT2D eigenvalue weighted by molar-refractivity contribution is -0.130. The molecule has 6 heteroatoms. The van der Waals surface area contributed by atoms with E-state index in [4.69, 9.17) is 17.3 Å². The number of carbonyl (C=O) groups is 2. The van der Waals surface area contributed by atoms with Gasteiger partial charge in [-0.2, -0.15) is 0 Å². The summed E-state index contributed by atoms with van der Waals surface area (Å²) in [5.74, 6) is -1.04.